The minimum atomic E-state index is -0.548. The van der Waals surface area contributed by atoms with E-state index in [0.29, 0.717) is 33.4 Å². The third-order valence-electron chi connectivity index (χ3n) is 6.32. The molecule has 0 bridgehead atoms. The number of benzene rings is 4. The van der Waals surface area contributed by atoms with Crippen LogP contribution in [0.5, 0.6) is 0 Å². The Kier molecular flexibility index (Phi) is 5.82. The lowest BCUT2D eigenvalue weighted by Crippen LogP contribution is -2.22. The second-order valence-corrected chi connectivity index (χ2v) is 9.13. The molecule has 2 aromatic heterocycles. The number of halogens is 1. The van der Waals surface area contributed by atoms with Gasteiger partial charge in [-0.3, -0.25) is 18.7 Å². The third kappa shape index (κ3) is 4.15. The van der Waals surface area contributed by atoms with Crippen molar-refractivity contribution >= 4 is 28.7 Å². The number of amides is 1. The standard InChI is InChI=1S/C30H20ClN5O2/c31-23-13-15-24(16-14-23)36-28(21-11-9-20(10-12-21)19-5-2-1-3-6-19)34-29-26(30(36)38)33-18-35(29)25-8-4-7-22(17-25)27(32)37/h1-18H,(H2,32,37). The monoisotopic (exact) mass is 517 g/mol. The Labute approximate surface area is 222 Å². The van der Waals surface area contributed by atoms with Crippen molar-refractivity contribution in [1.82, 2.24) is 19.1 Å². The van der Waals surface area contributed by atoms with Gasteiger partial charge in [-0.05, 0) is 53.6 Å². The van der Waals surface area contributed by atoms with E-state index >= 15 is 0 Å². The normalized spacial score (nSPS) is 11.1. The van der Waals surface area contributed by atoms with Gasteiger partial charge in [-0.15, -0.1) is 0 Å². The van der Waals surface area contributed by atoms with Gasteiger partial charge >= 0.3 is 0 Å². The zero-order valence-electron chi connectivity index (χ0n) is 20.0. The average molecular weight is 518 g/mol. The zero-order valence-corrected chi connectivity index (χ0v) is 20.7. The number of fused-ring (bicyclic) bond motifs is 1. The number of hydrogen-bond acceptors (Lipinski definition) is 4. The van der Waals surface area contributed by atoms with Crippen LogP contribution in [0, 0.1) is 0 Å². The van der Waals surface area contributed by atoms with Gasteiger partial charge in [-0.2, -0.15) is 0 Å². The number of primary amides is 1. The maximum atomic E-state index is 13.9. The largest absolute Gasteiger partial charge is 0.366 e. The van der Waals surface area contributed by atoms with E-state index in [9.17, 15) is 9.59 Å². The molecule has 0 radical (unpaired) electrons. The van der Waals surface area contributed by atoms with E-state index in [4.69, 9.17) is 22.3 Å². The molecule has 0 aliphatic heterocycles. The molecule has 184 valence electrons. The van der Waals surface area contributed by atoms with Gasteiger partial charge in [0.25, 0.3) is 5.56 Å². The topological polar surface area (TPSA) is 95.8 Å². The van der Waals surface area contributed by atoms with Crippen LogP contribution in [0.2, 0.25) is 5.02 Å². The molecule has 0 saturated heterocycles. The maximum absolute atomic E-state index is 13.9. The highest BCUT2D eigenvalue weighted by atomic mass is 35.5. The molecular weight excluding hydrogens is 498 g/mol. The molecule has 0 saturated carbocycles. The molecule has 8 heteroatoms. The van der Waals surface area contributed by atoms with Gasteiger partial charge in [0.2, 0.25) is 5.91 Å². The van der Waals surface area contributed by atoms with E-state index in [-0.39, 0.29) is 11.1 Å². The van der Waals surface area contributed by atoms with Crippen molar-refractivity contribution < 1.29 is 4.79 Å². The molecular formula is C30H20ClN5O2. The lowest BCUT2D eigenvalue weighted by atomic mass is 10.0. The molecule has 1 amide bonds. The summed E-state index contributed by atoms with van der Waals surface area (Å²) in [5.41, 5.74) is 10.2. The SMILES string of the molecule is NC(=O)c1cccc(-n2cnc3c(=O)n(-c4ccc(Cl)cc4)c(-c4ccc(-c5ccccc5)cc4)nc32)c1. The summed E-state index contributed by atoms with van der Waals surface area (Å²) in [6.07, 6.45) is 1.52. The van der Waals surface area contributed by atoms with Gasteiger partial charge < -0.3 is 5.73 Å². The summed E-state index contributed by atoms with van der Waals surface area (Å²) < 4.78 is 3.21. The molecule has 4 aromatic carbocycles. The van der Waals surface area contributed by atoms with Gasteiger partial charge in [0.15, 0.2) is 11.2 Å². The lowest BCUT2D eigenvalue weighted by Gasteiger charge is -2.14. The highest BCUT2D eigenvalue weighted by molar-refractivity contribution is 6.30. The fraction of sp³-hybridized carbons (Fsp3) is 0. The van der Waals surface area contributed by atoms with Gasteiger partial charge in [0.1, 0.15) is 12.2 Å². The van der Waals surface area contributed by atoms with Crippen LogP contribution in [-0.4, -0.2) is 25.0 Å². The third-order valence-corrected chi connectivity index (χ3v) is 6.57. The first kappa shape index (κ1) is 23.4. The van der Waals surface area contributed by atoms with Crippen molar-refractivity contribution in [2.45, 2.75) is 0 Å². The Morgan fingerprint density at radius 3 is 2.16 bits per heavy atom. The smallest absolute Gasteiger partial charge is 0.286 e. The molecule has 7 nitrogen and oxygen atoms in total. The Bertz CT molecular complexity index is 1860. The van der Waals surface area contributed by atoms with Crippen LogP contribution >= 0.6 is 11.6 Å². The number of carbonyl (C=O) groups excluding carboxylic acids is 1. The van der Waals surface area contributed by atoms with Gasteiger partial charge in [0.05, 0.1) is 5.69 Å². The molecule has 0 aliphatic rings. The minimum absolute atomic E-state index is 0.189. The molecule has 2 N–H and O–H groups in total. The first-order valence-electron chi connectivity index (χ1n) is 11.8. The van der Waals surface area contributed by atoms with Crippen LogP contribution in [0.4, 0.5) is 0 Å². The Balaban J connectivity index is 1.58. The molecule has 0 atom stereocenters. The van der Waals surface area contributed by atoms with Crippen LogP contribution < -0.4 is 11.3 Å². The summed E-state index contributed by atoms with van der Waals surface area (Å²) in [5.74, 6) is -0.106. The summed E-state index contributed by atoms with van der Waals surface area (Å²) in [4.78, 5) is 34.9. The van der Waals surface area contributed by atoms with E-state index in [1.54, 1.807) is 53.1 Å². The minimum Gasteiger partial charge on any atom is -0.366 e. The number of nitrogens with zero attached hydrogens (tertiary/aromatic N) is 4. The number of imidazole rings is 1. The molecule has 6 rings (SSSR count). The summed E-state index contributed by atoms with van der Waals surface area (Å²) in [6, 6.07) is 31.7. The summed E-state index contributed by atoms with van der Waals surface area (Å²) in [6.45, 7) is 0. The van der Waals surface area contributed by atoms with Crippen molar-refractivity contribution in [3.63, 3.8) is 0 Å². The molecule has 0 unspecified atom stereocenters. The number of hydrogen-bond donors (Lipinski definition) is 1. The highest BCUT2D eigenvalue weighted by Gasteiger charge is 2.19. The predicted octanol–water partition coefficient (Wildman–Crippen LogP) is 5.66. The number of rotatable bonds is 5. The molecule has 0 aliphatic carbocycles. The van der Waals surface area contributed by atoms with Crippen molar-refractivity contribution in [1.29, 1.82) is 0 Å². The van der Waals surface area contributed by atoms with Gasteiger partial charge in [0, 0.05) is 21.8 Å². The van der Waals surface area contributed by atoms with Crippen LogP contribution in [0.25, 0.3) is 45.1 Å². The second-order valence-electron chi connectivity index (χ2n) is 8.70. The lowest BCUT2D eigenvalue weighted by molar-refractivity contribution is 0.1000. The number of aromatic nitrogens is 4. The molecule has 6 aromatic rings. The maximum Gasteiger partial charge on any atom is 0.286 e. The van der Waals surface area contributed by atoms with Crippen LogP contribution in [0.1, 0.15) is 10.4 Å². The molecule has 0 spiro atoms. The van der Waals surface area contributed by atoms with Crippen molar-refractivity contribution in [2.24, 2.45) is 5.73 Å². The van der Waals surface area contributed by atoms with E-state index in [1.807, 2.05) is 54.6 Å². The summed E-state index contributed by atoms with van der Waals surface area (Å²) in [5, 5.41) is 0.559. The first-order chi connectivity index (χ1) is 18.5. The second kappa shape index (κ2) is 9.46. The first-order valence-corrected chi connectivity index (χ1v) is 12.2. The number of nitrogens with two attached hydrogens (primary N) is 1. The van der Waals surface area contributed by atoms with Gasteiger partial charge in [-0.1, -0.05) is 72.3 Å². The summed E-state index contributed by atoms with van der Waals surface area (Å²) >= 11 is 6.12. The van der Waals surface area contributed by atoms with Crippen molar-refractivity contribution in [2.75, 3.05) is 0 Å². The van der Waals surface area contributed by atoms with Crippen LogP contribution in [0.3, 0.4) is 0 Å². The Morgan fingerprint density at radius 2 is 1.45 bits per heavy atom. The van der Waals surface area contributed by atoms with Crippen LogP contribution in [-0.2, 0) is 0 Å². The van der Waals surface area contributed by atoms with E-state index in [1.165, 1.54) is 10.9 Å². The molecule has 38 heavy (non-hydrogen) atoms. The summed E-state index contributed by atoms with van der Waals surface area (Å²) in [7, 11) is 0. The molecule has 2 heterocycles. The average Bonchev–Trinajstić information content (AvgIpc) is 3.39. The van der Waals surface area contributed by atoms with E-state index in [0.717, 1.165) is 16.7 Å². The van der Waals surface area contributed by atoms with Crippen LogP contribution in [0.15, 0.2) is 114 Å². The van der Waals surface area contributed by atoms with E-state index in [2.05, 4.69) is 4.98 Å². The van der Waals surface area contributed by atoms with Crippen molar-refractivity contribution in [3.8, 4) is 33.9 Å². The van der Waals surface area contributed by atoms with Crippen molar-refractivity contribution in [3.05, 3.63) is 130 Å². The number of carbonyl (C=O) groups is 1. The fourth-order valence-corrected chi connectivity index (χ4v) is 4.54. The Morgan fingerprint density at radius 1 is 0.763 bits per heavy atom. The quantitative estimate of drug-likeness (QED) is 0.319. The molecule has 0 fully saturated rings. The van der Waals surface area contributed by atoms with E-state index < -0.39 is 5.91 Å². The Hall–Kier alpha value is -5.01. The zero-order chi connectivity index (χ0) is 26.2. The van der Waals surface area contributed by atoms with Gasteiger partial charge in [-0.25, -0.2) is 9.97 Å². The predicted molar refractivity (Wildman–Crippen MR) is 149 cm³/mol. The fourth-order valence-electron chi connectivity index (χ4n) is 4.42. The highest BCUT2D eigenvalue weighted by Crippen LogP contribution is 2.27.